The van der Waals surface area contributed by atoms with E-state index in [0.29, 0.717) is 0 Å². The molecule has 1 aliphatic heterocycles. The Morgan fingerprint density at radius 2 is 1.13 bits per heavy atom. The van der Waals surface area contributed by atoms with E-state index in [1.807, 2.05) is 36.3 Å². The first kappa shape index (κ1) is 32.6. The molecule has 0 spiro atoms. The van der Waals surface area contributed by atoms with Gasteiger partial charge in [0, 0.05) is 43.9 Å². The standard InChI is InChI=1S/C49H37N3SSi/c1-49(2)41-22-9-10-24-46(41)53-47-33-45-40(32-42(47)49)39-27-26-38(31-44(39)52(45)48-25-12-14-29-51-48)54(35-17-5-3-6-18-35,36-19-7-4-8-20-36)37-21-15-16-34(30-37)43-23-11-13-28-50-43/h3-33H,1-2H3. The number of benzene rings is 6. The minimum Gasteiger partial charge on any atom is -0.294 e. The lowest BCUT2D eigenvalue weighted by atomic mass is 9.77. The summed E-state index contributed by atoms with van der Waals surface area (Å²) in [5.74, 6) is 0.916. The lowest BCUT2D eigenvalue weighted by Gasteiger charge is -2.35. The van der Waals surface area contributed by atoms with Crippen molar-refractivity contribution in [3.8, 4) is 17.1 Å². The Morgan fingerprint density at radius 3 is 1.85 bits per heavy atom. The van der Waals surface area contributed by atoms with Gasteiger partial charge >= 0.3 is 0 Å². The summed E-state index contributed by atoms with van der Waals surface area (Å²) in [5.41, 5.74) is 7.04. The van der Waals surface area contributed by atoms with Gasteiger partial charge in [0.25, 0.3) is 0 Å². The van der Waals surface area contributed by atoms with Crippen molar-refractivity contribution in [3.05, 3.63) is 199 Å². The highest BCUT2D eigenvalue weighted by molar-refractivity contribution is 7.99. The quantitative estimate of drug-likeness (QED) is 0.126. The summed E-state index contributed by atoms with van der Waals surface area (Å²) in [4.78, 5) is 12.4. The molecule has 3 aromatic heterocycles. The molecule has 0 bridgehead atoms. The van der Waals surface area contributed by atoms with Crippen LogP contribution in [-0.4, -0.2) is 22.6 Å². The Balaban J connectivity index is 1.30. The number of aromatic nitrogens is 3. The van der Waals surface area contributed by atoms with Crippen molar-refractivity contribution in [2.24, 2.45) is 0 Å². The molecule has 0 N–H and O–H groups in total. The molecule has 258 valence electrons. The van der Waals surface area contributed by atoms with E-state index in [4.69, 9.17) is 9.97 Å². The van der Waals surface area contributed by atoms with Crippen LogP contribution >= 0.6 is 11.8 Å². The minimum absolute atomic E-state index is 0.133. The van der Waals surface area contributed by atoms with Gasteiger partial charge in [-0.3, -0.25) is 9.55 Å². The molecule has 0 saturated carbocycles. The molecule has 0 atom stereocenters. The van der Waals surface area contributed by atoms with E-state index in [2.05, 4.69) is 182 Å². The van der Waals surface area contributed by atoms with Gasteiger partial charge in [0.1, 0.15) is 5.82 Å². The van der Waals surface area contributed by atoms with Crippen LogP contribution in [0.2, 0.25) is 0 Å². The zero-order valence-corrected chi connectivity index (χ0v) is 32.0. The van der Waals surface area contributed by atoms with Gasteiger partial charge in [-0.25, -0.2) is 4.98 Å². The molecule has 9 aromatic rings. The summed E-state index contributed by atoms with van der Waals surface area (Å²) in [6.45, 7) is 4.73. The first-order chi connectivity index (χ1) is 26.5. The van der Waals surface area contributed by atoms with Crippen molar-refractivity contribution in [1.82, 2.24) is 14.5 Å². The predicted molar refractivity (Wildman–Crippen MR) is 228 cm³/mol. The molecule has 3 nitrogen and oxygen atoms in total. The number of rotatable bonds is 6. The highest BCUT2D eigenvalue weighted by Crippen LogP contribution is 2.51. The van der Waals surface area contributed by atoms with Gasteiger partial charge in [-0.15, -0.1) is 0 Å². The van der Waals surface area contributed by atoms with Crippen molar-refractivity contribution in [2.75, 3.05) is 0 Å². The van der Waals surface area contributed by atoms with Crippen LogP contribution in [0, 0.1) is 0 Å². The molecular formula is C49H37N3SSi. The molecule has 0 aliphatic carbocycles. The van der Waals surface area contributed by atoms with Gasteiger partial charge in [-0.2, -0.15) is 0 Å². The van der Waals surface area contributed by atoms with Gasteiger partial charge in [0.05, 0.1) is 16.7 Å². The van der Waals surface area contributed by atoms with Crippen LogP contribution < -0.4 is 20.7 Å². The lowest BCUT2D eigenvalue weighted by molar-refractivity contribution is 0.608. The van der Waals surface area contributed by atoms with Gasteiger partial charge in [-0.05, 0) is 80.4 Å². The average molecular weight is 728 g/mol. The van der Waals surface area contributed by atoms with Crippen LogP contribution in [0.25, 0.3) is 38.9 Å². The molecule has 6 aromatic carbocycles. The molecule has 54 heavy (non-hydrogen) atoms. The summed E-state index contributed by atoms with van der Waals surface area (Å²) >= 11 is 1.88. The van der Waals surface area contributed by atoms with E-state index >= 15 is 0 Å². The molecule has 0 saturated heterocycles. The minimum atomic E-state index is -2.91. The Hall–Kier alpha value is -6.01. The number of fused-ring (bicyclic) bond motifs is 5. The fraction of sp³-hybridized carbons (Fsp3) is 0.0612. The highest BCUT2D eigenvalue weighted by Gasteiger charge is 2.42. The van der Waals surface area contributed by atoms with Crippen molar-refractivity contribution < 1.29 is 0 Å². The van der Waals surface area contributed by atoms with Crippen molar-refractivity contribution >= 4 is 62.4 Å². The molecule has 1 aliphatic rings. The fourth-order valence-electron chi connectivity index (χ4n) is 8.74. The summed E-state index contributed by atoms with van der Waals surface area (Å²) in [7, 11) is -2.91. The number of hydrogen-bond acceptors (Lipinski definition) is 3. The monoisotopic (exact) mass is 727 g/mol. The van der Waals surface area contributed by atoms with Crippen LogP contribution in [0.4, 0.5) is 0 Å². The van der Waals surface area contributed by atoms with Gasteiger partial charge in [-0.1, -0.05) is 153 Å². The van der Waals surface area contributed by atoms with Crippen LogP contribution in [0.15, 0.2) is 198 Å². The third kappa shape index (κ3) is 5.03. The van der Waals surface area contributed by atoms with Gasteiger partial charge in [0.15, 0.2) is 8.07 Å². The van der Waals surface area contributed by atoms with E-state index in [1.54, 1.807) is 0 Å². The highest BCUT2D eigenvalue weighted by atomic mass is 32.2. The third-order valence-corrected chi connectivity index (χ3v) is 17.2. The first-order valence-corrected chi connectivity index (χ1v) is 21.3. The molecule has 0 fully saturated rings. The zero-order valence-electron chi connectivity index (χ0n) is 30.1. The lowest BCUT2D eigenvalue weighted by Crippen LogP contribution is -2.74. The van der Waals surface area contributed by atoms with E-state index in [9.17, 15) is 0 Å². The number of nitrogens with zero attached hydrogens (tertiary/aromatic N) is 3. The Labute approximate surface area is 321 Å². The van der Waals surface area contributed by atoms with Gasteiger partial charge < -0.3 is 0 Å². The van der Waals surface area contributed by atoms with E-state index in [1.165, 1.54) is 58.0 Å². The van der Waals surface area contributed by atoms with Crippen LogP contribution in [0.3, 0.4) is 0 Å². The second-order valence-electron chi connectivity index (χ2n) is 14.6. The first-order valence-electron chi connectivity index (χ1n) is 18.5. The molecule has 5 heteroatoms. The molecular weight excluding hydrogens is 691 g/mol. The second-order valence-corrected chi connectivity index (χ2v) is 19.5. The second kappa shape index (κ2) is 12.8. The normalized spacial score (nSPS) is 13.4. The van der Waals surface area contributed by atoms with E-state index < -0.39 is 8.07 Å². The molecule has 0 unspecified atom stereocenters. The fourth-order valence-corrected chi connectivity index (χ4v) is 14.9. The topological polar surface area (TPSA) is 30.7 Å². The zero-order chi connectivity index (χ0) is 36.3. The van der Waals surface area contributed by atoms with Crippen LogP contribution in [0.1, 0.15) is 25.0 Å². The summed E-state index contributed by atoms with van der Waals surface area (Å²) in [5, 5.41) is 7.78. The largest absolute Gasteiger partial charge is 0.294 e. The molecule has 0 radical (unpaired) electrons. The maximum absolute atomic E-state index is 4.97. The average Bonchev–Trinajstić information content (AvgIpc) is 3.55. The summed E-state index contributed by atoms with van der Waals surface area (Å²) < 4.78 is 2.39. The molecule has 4 heterocycles. The van der Waals surface area contributed by atoms with Crippen LogP contribution in [-0.2, 0) is 5.41 Å². The maximum atomic E-state index is 4.97. The van der Waals surface area contributed by atoms with E-state index in [-0.39, 0.29) is 5.41 Å². The Kier molecular flexibility index (Phi) is 7.75. The van der Waals surface area contributed by atoms with Crippen LogP contribution in [0.5, 0.6) is 0 Å². The maximum Gasteiger partial charge on any atom is 0.179 e. The smallest absolute Gasteiger partial charge is 0.179 e. The number of hydrogen-bond donors (Lipinski definition) is 0. The van der Waals surface area contributed by atoms with Crippen molar-refractivity contribution in [1.29, 1.82) is 0 Å². The van der Waals surface area contributed by atoms with Gasteiger partial charge in [0.2, 0.25) is 0 Å². The predicted octanol–water partition coefficient (Wildman–Crippen LogP) is 9.41. The Morgan fingerprint density at radius 1 is 0.481 bits per heavy atom. The SMILES string of the molecule is CC1(C)c2ccccc2Sc2cc3c(cc21)c1ccc([Si](c2ccccc2)(c2ccccc2)c2cccc(-c4ccccn4)c2)cc1n3-c1ccccn1. The van der Waals surface area contributed by atoms with Crippen molar-refractivity contribution in [2.45, 2.75) is 29.1 Å². The Bertz CT molecular complexity index is 2780. The van der Waals surface area contributed by atoms with E-state index in [0.717, 1.165) is 22.6 Å². The molecule has 0 amide bonds. The number of pyridine rings is 2. The summed E-state index contributed by atoms with van der Waals surface area (Å²) in [6, 6.07) is 64.8. The van der Waals surface area contributed by atoms with Crippen molar-refractivity contribution in [3.63, 3.8) is 0 Å². The molecule has 10 rings (SSSR count). The summed E-state index contributed by atoms with van der Waals surface area (Å²) in [6.07, 6.45) is 3.78. The third-order valence-electron chi connectivity index (χ3n) is 11.3.